The maximum Gasteiger partial charge on any atom is 0.261 e. The zero-order valence-corrected chi connectivity index (χ0v) is 15.3. The number of thiazole rings is 1. The fourth-order valence-electron chi connectivity index (χ4n) is 2.22. The van der Waals surface area contributed by atoms with E-state index >= 15 is 0 Å². The van der Waals surface area contributed by atoms with Crippen LogP contribution in [-0.2, 0) is 11.2 Å². The molecule has 0 unspecified atom stereocenters. The van der Waals surface area contributed by atoms with Gasteiger partial charge in [-0.25, -0.2) is 9.37 Å². The van der Waals surface area contributed by atoms with E-state index in [0.717, 1.165) is 10.4 Å². The molecule has 0 saturated heterocycles. The Morgan fingerprint density at radius 3 is 2.69 bits per heavy atom. The van der Waals surface area contributed by atoms with Crippen LogP contribution in [0.5, 0.6) is 0 Å². The van der Waals surface area contributed by atoms with Crippen LogP contribution in [0.3, 0.4) is 0 Å². The zero-order chi connectivity index (χ0) is 18.4. The van der Waals surface area contributed by atoms with Crippen molar-refractivity contribution >= 4 is 39.6 Å². The lowest BCUT2D eigenvalue weighted by Gasteiger charge is -2.03. The van der Waals surface area contributed by atoms with Crippen molar-refractivity contribution in [2.75, 3.05) is 11.9 Å². The lowest BCUT2D eigenvalue weighted by atomic mass is 10.1. The van der Waals surface area contributed by atoms with Crippen molar-refractivity contribution in [1.82, 2.24) is 10.3 Å². The average molecular weight is 389 g/mol. The SMILES string of the molecule is O=C(CCNC(=O)c1cccs1)Nc1ncc(Cc2ccc(F)cc2)s1. The molecule has 0 saturated carbocycles. The number of halogens is 1. The molecule has 2 aromatic heterocycles. The second kappa shape index (κ2) is 8.68. The summed E-state index contributed by atoms with van der Waals surface area (Å²) in [5, 5.41) is 7.77. The molecular weight excluding hydrogens is 373 g/mol. The molecule has 0 aliphatic carbocycles. The number of thiophene rings is 1. The van der Waals surface area contributed by atoms with Gasteiger partial charge in [-0.3, -0.25) is 9.59 Å². The number of aromatic nitrogens is 1. The van der Waals surface area contributed by atoms with Crippen molar-refractivity contribution in [3.05, 3.63) is 69.1 Å². The van der Waals surface area contributed by atoms with Crippen LogP contribution >= 0.6 is 22.7 Å². The number of anilines is 1. The van der Waals surface area contributed by atoms with Crippen LogP contribution < -0.4 is 10.6 Å². The summed E-state index contributed by atoms with van der Waals surface area (Å²) in [5.41, 5.74) is 0.976. The number of rotatable bonds is 7. The van der Waals surface area contributed by atoms with Gasteiger partial charge in [-0.15, -0.1) is 22.7 Å². The molecule has 0 aliphatic heterocycles. The molecule has 0 spiro atoms. The molecule has 134 valence electrons. The summed E-state index contributed by atoms with van der Waals surface area (Å²) in [6, 6.07) is 9.83. The first-order valence-corrected chi connectivity index (χ1v) is 9.60. The third-order valence-electron chi connectivity index (χ3n) is 3.47. The third-order valence-corrected chi connectivity index (χ3v) is 5.26. The van der Waals surface area contributed by atoms with Crippen LogP contribution in [0.4, 0.5) is 9.52 Å². The van der Waals surface area contributed by atoms with Gasteiger partial charge in [0.15, 0.2) is 5.13 Å². The van der Waals surface area contributed by atoms with Gasteiger partial charge in [-0.1, -0.05) is 18.2 Å². The first kappa shape index (κ1) is 18.2. The summed E-state index contributed by atoms with van der Waals surface area (Å²) in [4.78, 5) is 29.5. The molecule has 0 atom stereocenters. The van der Waals surface area contributed by atoms with E-state index in [0.29, 0.717) is 16.4 Å². The third kappa shape index (κ3) is 5.21. The molecule has 0 bridgehead atoms. The molecular formula is C18H16FN3O2S2. The molecule has 3 aromatic rings. The summed E-state index contributed by atoms with van der Waals surface area (Å²) >= 11 is 2.73. The minimum Gasteiger partial charge on any atom is -0.351 e. The summed E-state index contributed by atoms with van der Waals surface area (Å²) in [7, 11) is 0. The Balaban J connectivity index is 1.44. The number of amides is 2. The number of nitrogens with one attached hydrogen (secondary N) is 2. The van der Waals surface area contributed by atoms with Gasteiger partial charge < -0.3 is 10.6 Å². The van der Waals surface area contributed by atoms with Crippen LogP contribution in [0.25, 0.3) is 0 Å². The van der Waals surface area contributed by atoms with E-state index in [4.69, 9.17) is 0 Å². The quantitative estimate of drug-likeness (QED) is 0.647. The van der Waals surface area contributed by atoms with E-state index in [1.807, 2.05) is 5.38 Å². The highest BCUT2D eigenvalue weighted by Gasteiger charge is 2.09. The Morgan fingerprint density at radius 1 is 1.15 bits per heavy atom. The Hall–Kier alpha value is -2.58. The van der Waals surface area contributed by atoms with Crippen molar-refractivity contribution < 1.29 is 14.0 Å². The maximum atomic E-state index is 12.9. The molecule has 0 aliphatic rings. The molecule has 26 heavy (non-hydrogen) atoms. The monoisotopic (exact) mass is 389 g/mol. The first-order valence-electron chi connectivity index (χ1n) is 7.91. The van der Waals surface area contributed by atoms with E-state index in [9.17, 15) is 14.0 Å². The fourth-order valence-corrected chi connectivity index (χ4v) is 3.72. The van der Waals surface area contributed by atoms with E-state index in [2.05, 4.69) is 15.6 Å². The van der Waals surface area contributed by atoms with Crippen LogP contribution in [0.2, 0.25) is 0 Å². The second-order valence-electron chi connectivity index (χ2n) is 5.47. The minimum atomic E-state index is -0.267. The van der Waals surface area contributed by atoms with E-state index < -0.39 is 0 Å². The highest BCUT2D eigenvalue weighted by molar-refractivity contribution is 7.15. The Bertz CT molecular complexity index is 876. The molecule has 0 fully saturated rings. The predicted molar refractivity (Wildman–Crippen MR) is 101 cm³/mol. The van der Waals surface area contributed by atoms with E-state index in [-0.39, 0.29) is 30.6 Å². The minimum absolute atomic E-state index is 0.171. The van der Waals surface area contributed by atoms with Gasteiger partial charge in [-0.2, -0.15) is 0 Å². The first-order chi connectivity index (χ1) is 12.6. The number of nitrogens with zero attached hydrogens (tertiary/aromatic N) is 1. The Labute approximate surface area is 157 Å². The van der Waals surface area contributed by atoms with Gasteiger partial charge in [0.05, 0.1) is 4.88 Å². The van der Waals surface area contributed by atoms with Gasteiger partial charge in [0.25, 0.3) is 5.91 Å². The summed E-state index contributed by atoms with van der Waals surface area (Å²) < 4.78 is 12.9. The molecule has 3 rings (SSSR count). The normalized spacial score (nSPS) is 10.5. The smallest absolute Gasteiger partial charge is 0.261 e. The van der Waals surface area contributed by atoms with Crippen molar-refractivity contribution in [3.8, 4) is 0 Å². The van der Waals surface area contributed by atoms with Gasteiger partial charge in [0.1, 0.15) is 5.82 Å². The molecule has 2 heterocycles. The maximum absolute atomic E-state index is 12.9. The zero-order valence-electron chi connectivity index (χ0n) is 13.7. The predicted octanol–water partition coefficient (Wildman–Crippen LogP) is 3.69. The van der Waals surface area contributed by atoms with Crippen molar-refractivity contribution in [1.29, 1.82) is 0 Å². The van der Waals surface area contributed by atoms with Crippen LogP contribution in [0, 0.1) is 5.82 Å². The fraction of sp³-hybridized carbons (Fsp3) is 0.167. The topological polar surface area (TPSA) is 71.1 Å². The second-order valence-corrected chi connectivity index (χ2v) is 7.53. The number of hydrogen-bond acceptors (Lipinski definition) is 5. The highest BCUT2D eigenvalue weighted by Crippen LogP contribution is 2.21. The lowest BCUT2D eigenvalue weighted by Crippen LogP contribution is -2.27. The highest BCUT2D eigenvalue weighted by atomic mass is 32.1. The van der Waals surface area contributed by atoms with Crippen LogP contribution in [0.1, 0.15) is 26.5 Å². The number of carbonyl (C=O) groups is 2. The van der Waals surface area contributed by atoms with E-state index in [1.165, 1.54) is 34.8 Å². The Morgan fingerprint density at radius 2 is 1.96 bits per heavy atom. The molecule has 8 heteroatoms. The summed E-state index contributed by atoms with van der Waals surface area (Å²) in [6.07, 6.45) is 2.50. The van der Waals surface area contributed by atoms with Crippen molar-refractivity contribution in [2.24, 2.45) is 0 Å². The lowest BCUT2D eigenvalue weighted by molar-refractivity contribution is -0.116. The van der Waals surface area contributed by atoms with Crippen molar-refractivity contribution in [2.45, 2.75) is 12.8 Å². The number of hydrogen-bond donors (Lipinski definition) is 2. The summed E-state index contributed by atoms with van der Waals surface area (Å²) in [6.45, 7) is 0.260. The van der Waals surface area contributed by atoms with Crippen LogP contribution in [0.15, 0.2) is 48.0 Å². The van der Waals surface area contributed by atoms with Gasteiger partial charge >= 0.3 is 0 Å². The van der Waals surface area contributed by atoms with Crippen LogP contribution in [-0.4, -0.2) is 23.3 Å². The van der Waals surface area contributed by atoms with Gasteiger partial charge in [0, 0.05) is 30.5 Å². The van der Waals surface area contributed by atoms with Gasteiger partial charge in [0.2, 0.25) is 5.91 Å². The number of carbonyl (C=O) groups excluding carboxylic acids is 2. The van der Waals surface area contributed by atoms with E-state index in [1.54, 1.807) is 30.5 Å². The molecule has 1 aromatic carbocycles. The molecule has 2 N–H and O–H groups in total. The van der Waals surface area contributed by atoms with Gasteiger partial charge in [-0.05, 0) is 29.1 Å². The molecule has 5 nitrogen and oxygen atoms in total. The molecule has 2 amide bonds. The van der Waals surface area contributed by atoms with Crippen molar-refractivity contribution in [3.63, 3.8) is 0 Å². The molecule has 0 radical (unpaired) electrons. The Kier molecular flexibility index (Phi) is 6.08. The average Bonchev–Trinajstić information content (AvgIpc) is 3.29. The summed E-state index contributed by atoms with van der Waals surface area (Å²) in [5.74, 6) is -0.653. The number of benzene rings is 1. The standard InChI is InChI=1S/C18H16FN3O2S2/c19-13-5-3-12(4-6-13)10-14-11-21-18(26-14)22-16(23)7-8-20-17(24)15-2-1-9-25-15/h1-6,9,11H,7-8,10H2,(H,20,24)(H,21,22,23). The largest absolute Gasteiger partial charge is 0.351 e.